The molecule has 0 aliphatic heterocycles. The number of hydrogen-bond acceptors (Lipinski definition) is 3. The van der Waals surface area contributed by atoms with Crippen molar-refractivity contribution in [3.05, 3.63) is 41.7 Å². The molecule has 0 unspecified atom stereocenters. The number of nitrogens with one attached hydrogen (secondary N) is 1. The molecule has 0 saturated carbocycles. The lowest BCUT2D eigenvalue weighted by molar-refractivity contribution is 0.922. The van der Waals surface area contributed by atoms with E-state index < -0.39 is 0 Å². The van der Waals surface area contributed by atoms with Crippen LogP contribution in [0.4, 0.5) is 5.82 Å². The number of rotatable bonds is 5. The highest BCUT2D eigenvalue weighted by Crippen LogP contribution is 2.20. The SMILES string of the molecule is CCCc1ccc(-c2cc(NCC)nc(C)n2)cc1. The summed E-state index contributed by atoms with van der Waals surface area (Å²) in [6.07, 6.45) is 2.31. The predicted molar refractivity (Wildman–Crippen MR) is 80.4 cm³/mol. The Labute approximate surface area is 115 Å². The van der Waals surface area contributed by atoms with Gasteiger partial charge in [0, 0.05) is 18.2 Å². The molecular formula is C16H21N3. The van der Waals surface area contributed by atoms with Gasteiger partial charge in [0.1, 0.15) is 11.6 Å². The summed E-state index contributed by atoms with van der Waals surface area (Å²) in [5, 5.41) is 3.24. The van der Waals surface area contributed by atoms with Gasteiger partial charge in [-0.05, 0) is 25.8 Å². The van der Waals surface area contributed by atoms with Gasteiger partial charge >= 0.3 is 0 Å². The molecule has 1 aromatic carbocycles. The highest BCUT2D eigenvalue weighted by Gasteiger charge is 2.04. The lowest BCUT2D eigenvalue weighted by atomic mass is 10.1. The van der Waals surface area contributed by atoms with Gasteiger partial charge in [0.05, 0.1) is 5.69 Å². The van der Waals surface area contributed by atoms with Crippen LogP contribution in [0.3, 0.4) is 0 Å². The van der Waals surface area contributed by atoms with Crippen LogP contribution in [0.5, 0.6) is 0 Å². The molecular weight excluding hydrogens is 234 g/mol. The Balaban J connectivity index is 2.29. The molecule has 0 saturated heterocycles. The zero-order chi connectivity index (χ0) is 13.7. The number of nitrogens with zero attached hydrogens (tertiary/aromatic N) is 2. The molecule has 1 heterocycles. The molecule has 3 nitrogen and oxygen atoms in total. The van der Waals surface area contributed by atoms with E-state index in [2.05, 4.69) is 53.4 Å². The molecule has 0 bridgehead atoms. The van der Waals surface area contributed by atoms with E-state index in [0.29, 0.717) is 0 Å². The average Bonchev–Trinajstić information content (AvgIpc) is 2.40. The van der Waals surface area contributed by atoms with Crippen LogP contribution in [0, 0.1) is 6.92 Å². The quantitative estimate of drug-likeness (QED) is 0.882. The van der Waals surface area contributed by atoms with E-state index in [4.69, 9.17) is 0 Å². The third-order valence-electron chi connectivity index (χ3n) is 2.98. The van der Waals surface area contributed by atoms with Gasteiger partial charge in [0.2, 0.25) is 0 Å². The fourth-order valence-electron chi connectivity index (χ4n) is 2.12. The van der Waals surface area contributed by atoms with Gasteiger partial charge in [0.25, 0.3) is 0 Å². The van der Waals surface area contributed by atoms with E-state index >= 15 is 0 Å². The number of benzene rings is 1. The first-order chi connectivity index (χ1) is 9.22. The van der Waals surface area contributed by atoms with Crippen molar-refractivity contribution in [2.24, 2.45) is 0 Å². The molecule has 0 amide bonds. The minimum absolute atomic E-state index is 0.797. The van der Waals surface area contributed by atoms with Crippen LogP contribution in [0.2, 0.25) is 0 Å². The van der Waals surface area contributed by atoms with Crippen molar-refractivity contribution < 1.29 is 0 Å². The van der Waals surface area contributed by atoms with Gasteiger partial charge in [-0.3, -0.25) is 0 Å². The Hall–Kier alpha value is -1.90. The largest absolute Gasteiger partial charge is 0.370 e. The van der Waals surface area contributed by atoms with Gasteiger partial charge in [-0.15, -0.1) is 0 Å². The molecule has 19 heavy (non-hydrogen) atoms. The average molecular weight is 255 g/mol. The van der Waals surface area contributed by atoms with Crippen LogP contribution in [-0.4, -0.2) is 16.5 Å². The van der Waals surface area contributed by atoms with Crippen molar-refractivity contribution in [1.82, 2.24) is 9.97 Å². The van der Waals surface area contributed by atoms with Crippen LogP contribution >= 0.6 is 0 Å². The Morgan fingerprint density at radius 2 is 1.79 bits per heavy atom. The zero-order valence-corrected chi connectivity index (χ0v) is 11.9. The van der Waals surface area contributed by atoms with Crippen molar-refractivity contribution >= 4 is 5.82 Å². The Bertz CT molecular complexity index is 532. The molecule has 3 heteroatoms. The summed E-state index contributed by atoms with van der Waals surface area (Å²) >= 11 is 0. The van der Waals surface area contributed by atoms with Crippen molar-refractivity contribution in [2.45, 2.75) is 33.6 Å². The fraction of sp³-hybridized carbons (Fsp3) is 0.375. The lowest BCUT2D eigenvalue weighted by Gasteiger charge is -2.07. The molecule has 2 rings (SSSR count). The zero-order valence-electron chi connectivity index (χ0n) is 11.9. The van der Waals surface area contributed by atoms with Gasteiger partial charge in [-0.1, -0.05) is 37.6 Å². The molecule has 0 aliphatic carbocycles. The number of hydrogen-bond donors (Lipinski definition) is 1. The minimum Gasteiger partial charge on any atom is -0.370 e. The van der Waals surface area contributed by atoms with Crippen LogP contribution in [0.25, 0.3) is 11.3 Å². The fourth-order valence-corrected chi connectivity index (χ4v) is 2.12. The van der Waals surface area contributed by atoms with Crippen molar-refractivity contribution in [2.75, 3.05) is 11.9 Å². The van der Waals surface area contributed by atoms with E-state index in [1.54, 1.807) is 0 Å². The topological polar surface area (TPSA) is 37.8 Å². The second-order valence-electron chi connectivity index (χ2n) is 4.66. The van der Waals surface area contributed by atoms with Crippen LogP contribution in [0.15, 0.2) is 30.3 Å². The summed E-state index contributed by atoms with van der Waals surface area (Å²) in [6, 6.07) is 10.7. The van der Waals surface area contributed by atoms with Crippen molar-refractivity contribution in [3.8, 4) is 11.3 Å². The number of aromatic nitrogens is 2. The second kappa shape index (κ2) is 6.32. The van der Waals surface area contributed by atoms with Gasteiger partial charge in [0.15, 0.2) is 0 Å². The number of anilines is 1. The predicted octanol–water partition coefficient (Wildman–Crippen LogP) is 3.84. The van der Waals surface area contributed by atoms with E-state index in [-0.39, 0.29) is 0 Å². The molecule has 100 valence electrons. The maximum Gasteiger partial charge on any atom is 0.130 e. The lowest BCUT2D eigenvalue weighted by Crippen LogP contribution is -2.02. The maximum atomic E-state index is 4.51. The Morgan fingerprint density at radius 3 is 2.42 bits per heavy atom. The molecule has 0 fully saturated rings. The van der Waals surface area contributed by atoms with Crippen LogP contribution < -0.4 is 5.32 Å². The summed E-state index contributed by atoms with van der Waals surface area (Å²) in [7, 11) is 0. The first-order valence-electron chi connectivity index (χ1n) is 6.91. The van der Waals surface area contributed by atoms with Crippen LogP contribution in [-0.2, 0) is 6.42 Å². The van der Waals surface area contributed by atoms with Gasteiger partial charge < -0.3 is 5.32 Å². The van der Waals surface area contributed by atoms with E-state index in [0.717, 1.165) is 35.9 Å². The molecule has 0 aliphatic rings. The van der Waals surface area contributed by atoms with Crippen LogP contribution in [0.1, 0.15) is 31.7 Å². The summed E-state index contributed by atoms with van der Waals surface area (Å²) in [4.78, 5) is 8.88. The first kappa shape index (κ1) is 13.5. The highest BCUT2D eigenvalue weighted by molar-refractivity contribution is 5.62. The molecule has 1 N–H and O–H groups in total. The van der Waals surface area contributed by atoms with Crippen molar-refractivity contribution in [1.29, 1.82) is 0 Å². The molecule has 0 atom stereocenters. The third kappa shape index (κ3) is 3.53. The standard InChI is InChI=1S/C16H21N3/c1-4-6-13-7-9-14(10-8-13)15-11-16(17-5-2)19-12(3)18-15/h7-11H,4-6H2,1-3H3,(H,17,18,19). The Morgan fingerprint density at radius 1 is 1.05 bits per heavy atom. The van der Waals surface area contributed by atoms with E-state index in [1.165, 1.54) is 12.0 Å². The summed E-state index contributed by atoms with van der Waals surface area (Å²) in [5.74, 6) is 1.69. The highest BCUT2D eigenvalue weighted by atomic mass is 15.0. The van der Waals surface area contributed by atoms with E-state index in [9.17, 15) is 0 Å². The number of aryl methyl sites for hydroxylation is 2. The van der Waals surface area contributed by atoms with E-state index in [1.807, 2.05) is 13.0 Å². The first-order valence-corrected chi connectivity index (χ1v) is 6.91. The Kier molecular flexibility index (Phi) is 4.50. The molecule has 1 aromatic heterocycles. The maximum absolute atomic E-state index is 4.51. The monoisotopic (exact) mass is 255 g/mol. The normalized spacial score (nSPS) is 10.5. The minimum atomic E-state index is 0.797. The van der Waals surface area contributed by atoms with Gasteiger partial charge in [-0.25, -0.2) is 9.97 Å². The molecule has 0 spiro atoms. The molecule has 2 aromatic rings. The van der Waals surface area contributed by atoms with Gasteiger partial charge in [-0.2, -0.15) is 0 Å². The summed E-state index contributed by atoms with van der Waals surface area (Å²) < 4.78 is 0. The summed E-state index contributed by atoms with van der Waals surface area (Å²) in [6.45, 7) is 7.06. The summed E-state index contributed by atoms with van der Waals surface area (Å²) in [5.41, 5.74) is 3.50. The second-order valence-corrected chi connectivity index (χ2v) is 4.66. The van der Waals surface area contributed by atoms with Crippen molar-refractivity contribution in [3.63, 3.8) is 0 Å². The smallest absolute Gasteiger partial charge is 0.130 e. The molecule has 0 radical (unpaired) electrons. The third-order valence-corrected chi connectivity index (χ3v) is 2.98.